The smallest absolute Gasteiger partial charge is 0.106 e. The van der Waals surface area contributed by atoms with Gasteiger partial charge in [-0.15, -0.1) is 0 Å². The van der Waals surface area contributed by atoms with Crippen molar-refractivity contribution in [3.8, 4) is 0 Å². The normalized spacial score (nSPS) is 26.9. The molecule has 3 rings (SSSR count). The highest BCUT2D eigenvalue weighted by Gasteiger charge is 2.43. The average Bonchev–Trinajstić information content (AvgIpc) is 2.78. The number of rotatable bonds is 2. The molecule has 1 aromatic heterocycles. The first kappa shape index (κ1) is 13.6. The van der Waals surface area contributed by atoms with E-state index in [1.807, 2.05) is 48.6 Å². The molecule has 4 heteroatoms. The lowest BCUT2D eigenvalue weighted by atomic mass is 9.87. The molecule has 1 aliphatic heterocycles. The standard InChI is InChI=1S/C16H17ClN2O/c1-16(13-4-3-9-18-11-13)10-15(20-19(16)2)12-5-7-14(17)8-6-12/h3-9,11,15H,10H2,1-2H3/t15-,16-/m0/s1. The summed E-state index contributed by atoms with van der Waals surface area (Å²) >= 11 is 5.94. The van der Waals surface area contributed by atoms with Crippen LogP contribution in [-0.2, 0) is 10.4 Å². The van der Waals surface area contributed by atoms with Crippen molar-refractivity contribution in [3.05, 3.63) is 64.9 Å². The zero-order chi connectivity index (χ0) is 14.2. The van der Waals surface area contributed by atoms with E-state index in [0.29, 0.717) is 0 Å². The second-order valence-electron chi connectivity index (χ2n) is 5.36. The lowest BCUT2D eigenvalue weighted by Crippen LogP contribution is -2.34. The van der Waals surface area contributed by atoms with E-state index in [1.165, 1.54) is 5.56 Å². The van der Waals surface area contributed by atoms with E-state index < -0.39 is 0 Å². The third-order valence-corrected chi connectivity index (χ3v) is 4.34. The molecule has 0 N–H and O–H groups in total. The molecule has 3 nitrogen and oxygen atoms in total. The predicted octanol–water partition coefficient (Wildman–Crippen LogP) is 3.96. The summed E-state index contributed by atoms with van der Waals surface area (Å²) in [6.45, 7) is 2.18. The Balaban J connectivity index is 1.88. The van der Waals surface area contributed by atoms with Crippen LogP contribution in [0.4, 0.5) is 0 Å². The van der Waals surface area contributed by atoms with Crippen molar-refractivity contribution < 1.29 is 4.84 Å². The number of hydrogen-bond donors (Lipinski definition) is 0. The van der Waals surface area contributed by atoms with Gasteiger partial charge in [0.15, 0.2) is 0 Å². The summed E-state index contributed by atoms with van der Waals surface area (Å²) in [5.41, 5.74) is 2.14. The average molecular weight is 289 g/mol. The van der Waals surface area contributed by atoms with Gasteiger partial charge in [0.1, 0.15) is 6.10 Å². The van der Waals surface area contributed by atoms with Crippen LogP contribution >= 0.6 is 11.6 Å². The molecule has 0 saturated carbocycles. The topological polar surface area (TPSA) is 25.4 Å². The third kappa shape index (κ3) is 2.33. The molecule has 1 saturated heterocycles. The minimum Gasteiger partial charge on any atom is -0.290 e. The molecule has 0 bridgehead atoms. The lowest BCUT2D eigenvalue weighted by Gasteiger charge is -2.29. The summed E-state index contributed by atoms with van der Waals surface area (Å²) in [5, 5.41) is 2.68. The highest BCUT2D eigenvalue weighted by molar-refractivity contribution is 6.30. The van der Waals surface area contributed by atoms with Crippen molar-refractivity contribution in [2.75, 3.05) is 7.05 Å². The molecule has 2 atom stereocenters. The molecule has 0 aliphatic carbocycles. The molecule has 104 valence electrons. The molecule has 20 heavy (non-hydrogen) atoms. The number of nitrogens with zero attached hydrogens (tertiary/aromatic N) is 2. The van der Waals surface area contributed by atoms with Gasteiger partial charge in [-0.25, -0.2) is 0 Å². The molecule has 1 aliphatic rings. The van der Waals surface area contributed by atoms with Crippen LogP contribution in [0.1, 0.15) is 30.6 Å². The number of aromatic nitrogens is 1. The van der Waals surface area contributed by atoms with E-state index in [0.717, 1.165) is 17.0 Å². The Labute approximate surface area is 124 Å². The van der Waals surface area contributed by atoms with Gasteiger partial charge >= 0.3 is 0 Å². The van der Waals surface area contributed by atoms with Crippen molar-refractivity contribution >= 4 is 11.6 Å². The van der Waals surface area contributed by atoms with E-state index in [9.17, 15) is 0 Å². The van der Waals surface area contributed by atoms with Gasteiger partial charge in [-0.05, 0) is 36.2 Å². The Bertz CT molecular complexity index is 587. The van der Waals surface area contributed by atoms with E-state index in [-0.39, 0.29) is 11.6 Å². The fourth-order valence-electron chi connectivity index (χ4n) is 2.67. The van der Waals surface area contributed by atoms with Gasteiger partial charge in [-0.2, -0.15) is 5.06 Å². The van der Waals surface area contributed by atoms with E-state index in [4.69, 9.17) is 16.4 Å². The molecule has 1 fully saturated rings. The molecular formula is C16H17ClN2O. The molecule has 0 spiro atoms. The molecule has 2 heterocycles. The number of hydrogen-bond acceptors (Lipinski definition) is 3. The van der Waals surface area contributed by atoms with Crippen LogP contribution in [0.5, 0.6) is 0 Å². The fraction of sp³-hybridized carbons (Fsp3) is 0.312. The summed E-state index contributed by atoms with van der Waals surface area (Å²) in [6.07, 6.45) is 4.63. The van der Waals surface area contributed by atoms with Gasteiger partial charge < -0.3 is 0 Å². The monoisotopic (exact) mass is 288 g/mol. The second-order valence-corrected chi connectivity index (χ2v) is 5.80. The first-order valence-electron chi connectivity index (χ1n) is 6.66. The Morgan fingerprint density at radius 3 is 2.70 bits per heavy atom. The van der Waals surface area contributed by atoms with Crippen molar-refractivity contribution in [2.45, 2.75) is 25.0 Å². The summed E-state index contributed by atoms with van der Waals surface area (Å²) in [7, 11) is 1.98. The van der Waals surface area contributed by atoms with E-state index in [2.05, 4.69) is 18.0 Å². The summed E-state index contributed by atoms with van der Waals surface area (Å²) in [5.74, 6) is 0. The molecule has 1 aromatic carbocycles. The zero-order valence-corrected chi connectivity index (χ0v) is 12.3. The molecule has 2 aromatic rings. The largest absolute Gasteiger partial charge is 0.290 e. The molecule has 0 radical (unpaired) electrons. The Morgan fingerprint density at radius 1 is 1.30 bits per heavy atom. The Kier molecular flexibility index (Phi) is 3.50. The molecule has 0 unspecified atom stereocenters. The summed E-state index contributed by atoms with van der Waals surface area (Å²) in [6, 6.07) is 11.9. The number of pyridine rings is 1. The van der Waals surface area contributed by atoms with Crippen LogP contribution in [0.2, 0.25) is 5.02 Å². The third-order valence-electron chi connectivity index (χ3n) is 4.09. The van der Waals surface area contributed by atoms with Gasteiger partial charge in [0.25, 0.3) is 0 Å². The highest BCUT2D eigenvalue weighted by atomic mass is 35.5. The van der Waals surface area contributed by atoms with E-state index in [1.54, 1.807) is 6.20 Å². The van der Waals surface area contributed by atoms with Crippen LogP contribution in [0.3, 0.4) is 0 Å². The lowest BCUT2D eigenvalue weighted by molar-refractivity contribution is -0.169. The van der Waals surface area contributed by atoms with Crippen LogP contribution in [0.15, 0.2) is 48.8 Å². The minimum absolute atomic E-state index is 0.0440. The van der Waals surface area contributed by atoms with Crippen molar-refractivity contribution in [1.29, 1.82) is 0 Å². The highest BCUT2D eigenvalue weighted by Crippen LogP contribution is 2.45. The second kappa shape index (κ2) is 5.17. The van der Waals surface area contributed by atoms with E-state index >= 15 is 0 Å². The summed E-state index contributed by atoms with van der Waals surface area (Å²) in [4.78, 5) is 10.2. The fourth-order valence-corrected chi connectivity index (χ4v) is 2.80. The first-order chi connectivity index (χ1) is 9.59. The number of halogens is 1. The Hall–Kier alpha value is -1.42. The minimum atomic E-state index is -0.168. The van der Waals surface area contributed by atoms with Gasteiger partial charge in [0.2, 0.25) is 0 Å². The van der Waals surface area contributed by atoms with Crippen molar-refractivity contribution in [3.63, 3.8) is 0 Å². The summed E-state index contributed by atoms with van der Waals surface area (Å²) < 4.78 is 0. The number of hydroxylamine groups is 2. The molecular weight excluding hydrogens is 272 g/mol. The van der Waals surface area contributed by atoms with Crippen LogP contribution in [0.25, 0.3) is 0 Å². The van der Waals surface area contributed by atoms with Gasteiger partial charge in [0, 0.05) is 30.9 Å². The van der Waals surface area contributed by atoms with Gasteiger partial charge in [-0.3, -0.25) is 9.82 Å². The first-order valence-corrected chi connectivity index (χ1v) is 7.04. The maximum absolute atomic E-state index is 6.02. The van der Waals surface area contributed by atoms with Crippen LogP contribution < -0.4 is 0 Å². The zero-order valence-electron chi connectivity index (χ0n) is 11.6. The van der Waals surface area contributed by atoms with Gasteiger partial charge in [-0.1, -0.05) is 29.8 Å². The Morgan fingerprint density at radius 2 is 2.05 bits per heavy atom. The SMILES string of the molecule is CN1O[C@H](c2ccc(Cl)cc2)C[C@@]1(C)c1cccnc1. The predicted molar refractivity (Wildman–Crippen MR) is 79.2 cm³/mol. The van der Waals surface area contributed by atoms with Crippen molar-refractivity contribution in [1.82, 2.24) is 10.0 Å². The quantitative estimate of drug-likeness (QED) is 0.836. The maximum Gasteiger partial charge on any atom is 0.106 e. The number of benzene rings is 1. The van der Waals surface area contributed by atoms with Gasteiger partial charge in [0.05, 0.1) is 5.54 Å². The van der Waals surface area contributed by atoms with Crippen LogP contribution in [-0.4, -0.2) is 17.1 Å². The van der Waals surface area contributed by atoms with Crippen LogP contribution in [0, 0.1) is 0 Å². The van der Waals surface area contributed by atoms with Crippen molar-refractivity contribution in [2.24, 2.45) is 0 Å². The molecule has 0 amide bonds. The maximum atomic E-state index is 6.02.